The van der Waals surface area contributed by atoms with Gasteiger partial charge in [-0.15, -0.1) is 0 Å². The highest BCUT2D eigenvalue weighted by Gasteiger charge is 2.35. The summed E-state index contributed by atoms with van der Waals surface area (Å²) in [6.45, 7) is 1.66. The van der Waals surface area contributed by atoms with Crippen LogP contribution in [0.3, 0.4) is 0 Å². The van der Waals surface area contributed by atoms with Gasteiger partial charge in [0.1, 0.15) is 0 Å². The maximum Gasteiger partial charge on any atom is 0.240 e. The van der Waals surface area contributed by atoms with Crippen molar-refractivity contribution in [2.24, 2.45) is 5.73 Å². The van der Waals surface area contributed by atoms with Crippen molar-refractivity contribution in [3.8, 4) is 0 Å². The third kappa shape index (κ3) is 2.94. The summed E-state index contributed by atoms with van der Waals surface area (Å²) in [6, 6.07) is 0. The minimum absolute atomic E-state index is 0.0843. The van der Waals surface area contributed by atoms with Gasteiger partial charge in [0.25, 0.3) is 0 Å². The largest absolute Gasteiger partial charge is 0.396 e. The number of nitrogens with two attached hydrogens (primary N) is 1. The van der Waals surface area contributed by atoms with Crippen molar-refractivity contribution >= 4 is 5.91 Å². The van der Waals surface area contributed by atoms with Gasteiger partial charge in [-0.05, 0) is 19.3 Å². The van der Waals surface area contributed by atoms with Gasteiger partial charge in [0.2, 0.25) is 5.91 Å². The smallest absolute Gasteiger partial charge is 0.240 e. The summed E-state index contributed by atoms with van der Waals surface area (Å²) in [6.07, 6.45) is 1.70. The second-order valence-electron chi connectivity index (χ2n) is 3.60. The molecular formula is C9H18N2O3. The summed E-state index contributed by atoms with van der Waals surface area (Å²) in [7, 11) is 0. The predicted molar refractivity (Wildman–Crippen MR) is 51.7 cm³/mol. The first-order valence-corrected chi connectivity index (χ1v) is 4.95. The number of carbonyl (C=O) groups is 1. The molecule has 5 nitrogen and oxygen atoms in total. The number of hydrogen-bond acceptors (Lipinski definition) is 4. The Labute approximate surface area is 83.6 Å². The van der Waals surface area contributed by atoms with Crippen LogP contribution < -0.4 is 11.1 Å². The molecule has 1 aliphatic heterocycles. The number of aliphatic hydroxyl groups excluding tert-OH is 1. The van der Waals surface area contributed by atoms with E-state index in [1.54, 1.807) is 0 Å². The normalized spacial score (nSPS) is 20.4. The van der Waals surface area contributed by atoms with Gasteiger partial charge in [-0.3, -0.25) is 4.79 Å². The highest BCUT2D eigenvalue weighted by molar-refractivity contribution is 5.86. The van der Waals surface area contributed by atoms with Gasteiger partial charge < -0.3 is 20.9 Å². The minimum atomic E-state index is -0.770. The van der Waals surface area contributed by atoms with Crippen molar-refractivity contribution in [2.45, 2.75) is 24.8 Å². The van der Waals surface area contributed by atoms with Crippen LogP contribution in [0, 0.1) is 0 Å². The molecule has 0 saturated carbocycles. The zero-order valence-electron chi connectivity index (χ0n) is 8.29. The Morgan fingerprint density at radius 2 is 2.14 bits per heavy atom. The molecule has 0 atom stereocenters. The maximum absolute atomic E-state index is 11.6. The molecule has 0 bridgehead atoms. The van der Waals surface area contributed by atoms with Crippen LogP contribution in [0.1, 0.15) is 19.3 Å². The summed E-state index contributed by atoms with van der Waals surface area (Å²) in [4.78, 5) is 11.6. The van der Waals surface area contributed by atoms with Crippen LogP contribution in [0.4, 0.5) is 0 Å². The molecule has 0 aliphatic carbocycles. The topological polar surface area (TPSA) is 84.6 Å². The molecule has 0 spiro atoms. The van der Waals surface area contributed by atoms with Crippen LogP contribution in [0.15, 0.2) is 0 Å². The average Bonchev–Trinajstić information content (AvgIpc) is 2.19. The van der Waals surface area contributed by atoms with Gasteiger partial charge in [0, 0.05) is 26.4 Å². The monoisotopic (exact) mass is 202 g/mol. The number of ether oxygens (including phenoxy) is 1. The molecule has 5 heteroatoms. The molecule has 1 amide bonds. The first-order valence-electron chi connectivity index (χ1n) is 4.95. The van der Waals surface area contributed by atoms with Crippen molar-refractivity contribution < 1.29 is 14.6 Å². The molecule has 4 N–H and O–H groups in total. The number of hydrogen-bond donors (Lipinski definition) is 3. The summed E-state index contributed by atoms with van der Waals surface area (Å²) in [5, 5.41) is 11.3. The van der Waals surface area contributed by atoms with Gasteiger partial charge in [-0.2, -0.15) is 0 Å². The highest BCUT2D eigenvalue weighted by atomic mass is 16.5. The Morgan fingerprint density at radius 1 is 1.50 bits per heavy atom. The molecule has 0 aromatic carbocycles. The van der Waals surface area contributed by atoms with Crippen molar-refractivity contribution in [1.29, 1.82) is 0 Å². The summed E-state index contributed by atoms with van der Waals surface area (Å²) >= 11 is 0. The fraction of sp³-hybridized carbons (Fsp3) is 0.889. The Hall–Kier alpha value is -0.650. The maximum atomic E-state index is 11.6. The van der Waals surface area contributed by atoms with Crippen molar-refractivity contribution in [3.63, 3.8) is 0 Å². The van der Waals surface area contributed by atoms with Crippen LogP contribution in [-0.4, -0.2) is 42.9 Å². The fourth-order valence-electron chi connectivity index (χ4n) is 1.42. The molecular weight excluding hydrogens is 184 g/mol. The molecule has 1 aliphatic rings. The average molecular weight is 202 g/mol. The van der Waals surface area contributed by atoms with Gasteiger partial charge in [0.05, 0.1) is 5.54 Å². The molecule has 82 valence electrons. The zero-order chi connectivity index (χ0) is 10.4. The van der Waals surface area contributed by atoms with E-state index in [0.29, 0.717) is 39.0 Å². The van der Waals surface area contributed by atoms with E-state index in [1.807, 2.05) is 0 Å². The first kappa shape index (κ1) is 11.4. The Balaban J connectivity index is 2.33. The van der Waals surface area contributed by atoms with E-state index < -0.39 is 5.54 Å². The van der Waals surface area contributed by atoms with Gasteiger partial charge in [-0.1, -0.05) is 0 Å². The molecule has 1 rings (SSSR count). The molecule has 1 heterocycles. The number of amides is 1. The van der Waals surface area contributed by atoms with Gasteiger partial charge in [-0.25, -0.2) is 0 Å². The zero-order valence-corrected chi connectivity index (χ0v) is 8.29. The lowest BCUT2D eigenvalue weighted by atomic mass is 9.90. The predicted octanol–water partition coefficient (Wildman–Crippen LogP) is -1.01. The molecule has 0 aromatic rings. The lowest BCUT2D eigenvalue weighted by Crippen LogP contribution is -2.57. The van der Waals surface area contributed by atoms with Crippen LogP contribution in [-0.2, 0) is 9.53 Å². The third-order valence-electron chi connectivity index (χ3n) is 2.46. The highest BCUT2D eigenvalue weighted by Crippen LogP contribution is 2.17. The van der Waals surface area contributed by atoms with Gasteiger partial charge in [0.15, 0.2) is 0 Å². The second kappa shape index (κ2) is 5.29. The summed E-state index contributed by atoms with van der Waals surface area (Å²) < 4.78 is 5.14. The van der Waals surface area contributed by atoms with E-state index >= 15 is 0 Å². The molecule has 1 saturated heterocycles. The van der Waals surface area contributed by atoms with E-state index in [4.69, 9.17) is 15.6 Å². The minimum Gasteiger partial charge on any atom is -0.396 e. The summed E-state index contributed by atoms with van der Waals surface area (Å²) in [5.74, 6) is -0.130. The van der Waals surface area contributed by atoms with Crippen LogP contribution in [0.5, 0.6) is 0 Å². The van der Waals surface area contributed by atoms with Crippen LogP contribution >= 0.6 is 0 Å². The number of nitrogens with one attached hydrogen (secondary N) is 1. The second-order valence-corrected chi connectivity index (χ2v) is 3.60. The van der Waals surface area contributed by atoms with Crippen molar-refractivity contribution in [1.82, 2.24) is 5.32 Å². The molecule has 0 radical (unpaired) electrons. The van der Waals surface area contributed by atoms with E-state index in [-0.39, 0.29) is 12.5 Å². The van der Waals surface area contributed by atoms with E-state index in [0.717, 1.165) is 0 Å². The van der Waals surface area contributed by atoms with E-state index in [2.05, 4.69) is 5.32 Å². The Bertz CT molecular complexity index is 190. The Kier molecular flexibility index (Phi) is 4.31. The number of carbonyl (C=O) groups excluding carboxylic acids is 1. The number of rotatable bonds is 4. The SMILES string of the molecule is NC1(C(=O)NCCCO)CCOCC1. The lowest BCUT2D eigenvalue weighted by molar-refractivity contribution is -0.129. The van der Waals surface area contributed by atoms with E-state index in [1.165, 1.54) is 0 Å². The standard InChI is InChI=1S/C9H18N2O3/c10-9(2-6-14-7-3-9)8(13)11-4-1-5-12/h12H,1-7,10H2,(H,11,13). The third-order valence-corrected chi connectivity index (χ3v) is 2.46. The van der Waals surface area contributed by atoms with Gasteiger partial charge >= 0.3 is 0 Å². The lowest BCUT2D eigenvalue weighted by Gasteiger charge is -2.31. The van der Waals surface area contributed by atoms with Crippen LogP contribution in [0.25, 0.3) is 0 Å². The fourth-order valence-corrected chi connectivity index (χ4v) is 1.42. The molecule has 0 aromatic heterocycles. The molecule has 1 fully saturated rings. The van der Waals surface area contributed by atoms with Crippen molar-refractivity contribution in [2.75, 3.05) is 26.4 Å². The summed E-state index contributed by atoms with van der Waals surface area (Å²) in [5.41, 5.74) is 5.16. The molecule has 14 heavy (non-hydrogen) atoms. The molecule has 0 unspecified atom stereocenters. The van der Waals surface area contributed by atoms with Crippen molar-refractivity contribution in [3.05, 3.63) is 0 Å². The van der Waals surface area contributed by atoms with Crippen LogP contribution in [0.2, 0.25) is 0 Å². The van der Waals surface area contributed by atoms with E-state index in [9.17, 15) is 4.79 Å². The number of aliphatic hydroxyl groups is 1. The quantitative estimate of drug-likeness (QED) is 0.510. The first-order chi connectivity index (χ1) is 6.69. The Morgan fingerprint density at radius 3 is 2.71 bits per heavy atom.